The summed E-state index contributed by atoms with van der Waals surface area (Å²) in [6, 6.07) is 15.8. The Hall–Kier alpha value is -3.08. The average Bonchev–Trinajstić information content (AvgIpc) is 3.30. The minimum absolute atomic E-state index is 0.0720. The van der Waals surface area contributed by atoms with Crippen LogP contribution in [0.3, 0.4) is 0 Å². The molecule has 0 saturated carbocycles. The van der Waals surface area contributed by atoms with Gasteiger partial charge in [0.05, 0.1) is 5.56 Å². The second-order valence-corrected chi connectivity index (χ2v) is 6.84. The van der Waals surface area contributed by atoms with Gasteiger partial charge in [0.1, 0.15) is 0 Å². The number of aromatic nitrogens is 1. The molecule has 3 aromatic rings. The van der Waals surface area contributed by atoms with E-state index in [1.807, 2.05) is 59.6 Å². The van der Waals surface area contributed by atoms with Crippen molar-refractivity contribution in [2.45, 2.75) is 32.9 Å². The second kappa shape index (κ2) is 7.27. The lowest BCUT2D eigenvalue weighted by Gasteiger charge is -2.16. The fourth-order valence-electron chi connectivity index (χ4n) is 3.68. The van der Waals surface area contributed by atoms with Crippen LogP contribution in [0.15, 0.2) is 54.7 Å². The molecule has 5 nitrogen and oxygen atoms in total. The lowest BCUT2D eigenvalue weighted by Crippen LogP contribution is -2.24. The number of amides is 2. The summed E-state index contributed by atoms with van der Waals surface area (Å²) < 4.78 is 2.09. The second-order valence-electron chi connectivity index (χ2n) is 6.84. The van der Waals surface area contributed by atoms with E-state index in [0.717, 1.165) is 41.7 Å². The van der Waals surface area contributed by atoms with Gasteiger partial charge in [0.15, 0.2) is 0 Å². The normalized spacial score (nSPS) is 14.1. The number of hydrogen-bond donors (Lipinski definition) is 1. The fraction of sp³-hybridized carbons (Fsp3) is 0.273. The number of anilines is 1. The van der Waals surface area contributed by atoms with Gasteiger partial charge in [0, 0.05) is 48.8 Å². The van der Waals surface area contributed by atoms with Gasteiger partial charge in [-0.05, 0) is 37.1 Å². The van der Waals surface area contributed by atoms with E-state index < -0.39 is 0 Å². The van der Waals surface area contributed by atoms with Crippen LogP contribution in [0.4, 0.5) is 5.69 Å². The molecule has 2 heterocycles. The standard InChI is InChI=1S/C22H23N3O2/c1-2-24-15-19(18-6-3-4-7-20(18)24)22(27)23-14-16-9-11-17(12-10-16)25-13-5-8-21(25)26/h3-4,6-7,9-12,15H,2,5,8,13-14H2,1H3,(H,23,27). The summed E-state index contributed by atoms with van der Waals surface area (Å²) in [6.45, 7) is 4.14. The average molecular weight is 361 g/mol. The lowest BCUT2D eigenvalue weighted by atomic mass is 10.1. The molecule has 0 aliphatic carbocycles. The Balaban J connectivity index is 1.46. The van der Waals surface area contributed by atoms with Crippen LogP contribution in [0.2, 0.25) is 0 Å². The molecule has 1 N–H and O–H groups in total. The number of para-hydroxylation sites is 1. The van der Waals surface area contributed by atoms with Gasteiger partial charge in [-0.1, -0.05) is 30.3 Å². The highest BCUT2D eigenvalue weighted by molar-refractivity contribution is 6.07. The summed E-state index contributed by atoms with van der Waals surface area (Å²) in [5.74, 6) is 0.112. The third kappa shape index (κ3) is 3.33. The summed E-state index contributed by atoms with van der Waals surface area (Å²) in [7, 11) is 0. The molecule has 1 aromatic heterocycles. The minimum atomic E-state index is -0.0720. The van der Waals surface area contributed by atoms with Crippen molar-refractivity contribution in [2.75, 3.05) is 11.4 Å². The molecule has 0 atom stereocenters. The van der Waals surface area contributed by atoms with Crippen LogP contribution in [0.25, 0.3) is 10.9 Å². The molecule has 1 saturated heterocycles. The van der Waals surface area contributed by atoms with E-state index in [1.165, 1.54) is 0 Å². The third-order valence-corrected chi connectivity index (χ3v) is 5.15. The van der Waals surface area contributed by atoms with Crippen molar-refractivity contribution >= 4 is 28.4 Å². The number of nitrogens with zero attached hydrogens (tertiary/aromatic N) is 2. The molecule has 0 bridgehead atoms. The van der Waals surface area contributed by atoms with Gasteiger partial charge in [-0.3, -0.25) is 9.59 Å². The topological polar surface area (TPSA) is 54.3 Å². The highest BCUT2D eigenvalue weighted by Gasteiger charge is 2.21. The van der Waals surface area contributed by atoms with Crippen LogP contribution >= 0.6 is 0 Å². The van der Waals surface area contributed by atoms with Gasteiger partial charge in [-0.15, -0.1) is 0 Å². The smallest absolute Gasteiger partial charge is 0.253 e. The molecule has 27 heavy (non-hydrogen) atoms. The first-order chi connectivity index (χ1) is 13.2. The number of benzene rings is 2. The minimum Gasteiger partial charge on any atom is -0.348 e. The molecule has 138 valence electrons. The fourth-order valence-corrected chi connectivity index (χ4v) is 3.68. The molecule has 5 heteroatoms. The Bertz CT molecular complexity index is 988. The molecular formula is C22H23N3O2. The summed E-state index contributed by atoms with van der Waals surface area (Å²) in [6.07, 6.45) is 3.47. The molecule has 0 unspecified atom stereocenters. The molecule has 1 aliphatic rings. The lowest BCUT2D eigenvalue weighted by molar-refractivity contribution is -0.117. The number of nitrogens with one attached hydrogen (secondary N) is 1. The Kier molecular flexibility index (Phi) is 4.67. The van der Waals surface area contributed by atoms with E-state index in [2.05, 4.69) is 16.8 Å². The van der Waals surface area contributed by atoms with Gasteiger partial charge in [0.2, 0.25) is 5.91 Å². The zero-order valence-corrected chi connectivity index (χ0v) is 15.4. The number of carbonyl (C=O) groups is 2. The number of aryl methyl sites for hydroxylation is 1. The van der Waals surface area contributed by atoms with Gasteiger partial charge in [0.25, 0.3) is 5.91 Å². The Morgan fingerprint density at radius 3 is 2.59 bits per heavy atom. The maximum Gasteiger partial charge on any atom is 0.253 e. The van der Waals surface area contributed by atoms with E-state index >= 15 is 0 Å². The van der Waals surface area contributed by atoms with Crippen molar-refractivity contribution in [3.05, 3.63) is 65.9 Å². The zero-order valence-electron chi connectivity index (χ0n) is 15.4. The van der Waals surface area contributed by atoms with Crippen LogP contribution in [0.5, 0.6) is 0 Å². The van der Waals surface area contributed by atoms with Crippen LogP contribution in [0.1, 0.15) is 35.7 Å². The summed E-state index contributed by atoms with van der Waals surface area (Å²) in [5.41, 5.74) is 3.72. The van der Waals surface area contributed by atoms with Crippen molar-refractivity contribution in [1.29, 1.82) is 0 Å². The predicted octanol–water partition coefficient (Wildman–Crippen LogP) is 3.72. The molecule has 1 fully saturated rings. The monoisotopic (exact) mass is 361 g/mol. The Labute approximate surface area is 158 Å². The van der Waals surface area contributed by atoms with Gasteiger partial charge in [-0.25, -0.2) is 0 Å². The van der Waals surface area contributed by atoms with Crippen molar-refractivity contribution in [2.24, 2.45) is 0 Å². The molecule has 4 rings (SSSR count). The molecular weight excluding hydrogens is 338 g/mol. The largest absolute Gasteiger partial charge is 0.348 e. The molecule has 2 amide bonds. The number of rotatable bonds is 5. The first kappa shape index (κ1) is 17.3. The highest BCUT2D eigenvalue weighted by Crippen LogP contribution is 2.23. The van der Waals surface area contributed by atoms with Crippen LogP contribution in [-0.4, -0.2) is 22.9 Å². The SMILES string of the molecule is CCn1cc(C(=O)NCc2ccc(N3CCCC3=O)cc2)c2ccccc21. The number of carbonyl (C=O) groups excluding carboxylic acids is 2. The maximum atomic E-state index is 12.7. The van der Waals surface area contributed by atoms with Crippen molar-refractivity contribution in [1.82, 2.24) is 9.88 Å². The van der Waals surface area contributed by atoms with Crippen molar-refractivity contribution < 1.29 is 9.59 Å². The first-order valence-electron chi connectivity index (χ1n) is 9.42. The van der Waals surface area contributed by atoms with Crippen molar-refractivity contribution in [3.8, 4) is 0 Å². The molecule has 0 radical (unpaired) electrons. The highest BCUT2D eigenvalue weighted by atomic mass is 16.2. The zero-order chi connectivity index (χ0) is 18.8. The van der Waals surface area contributed by atoms with Gasteiger partial charge < -0.3 is 14.8 Å². The quantitative estimate of drug-likeness (QED) is 0.753. The van der Waals surface area contributed by atoms with Gasteiger partial charge in [-0.2, -0.15) is 0 Å². The molecule has 0 spiro atoms. The first-order valence-corrected chi connectivity index (χ1v) is 9.42. The van der Waals surface area contributed by atoms with Crippen molar-refractivity contribution in [3.63, 3.8) is 0 Å². The van der Waals surface area contributed by atoms with E-state index in [0.29, 0.717) is 18.5 Å². The Morgan fingerprint density at radius 1 is 1.11 bits per heavy atom. The number of hydrogen-bond acceptors (Lipinski definition) is 2. The van der Waals surface area contributed by atoms with Crippen LogP contribution in [-0.2, 0) is 17.9 Å². The maximum absolute atomic E-state index is 12.7. The van der Waals surface area contributed by atoms with E-state index in [4.69, 9.17) is 0 Å². The summed E-state index contributed by atoms with van der Waals surface area (Å²) in [4.78, 5) is 26.4. The third-order valence-electron chi connectivity index (χ3n) is 5.15. The molecule has 2 aromatic carbocycles. The van der Waals surface area contributed by atoms with Gasteiger partial charge >= 0.3 is 0 Å². The van der Waals surface area contributed by atoms with E-state index in [9.17, 15) is 9.59 Å². The van der Waals surface area contributed by atoms with E-state index in [-0.39, 0.29) is 11.8 Å². The van der Waals surface area contributed by atoms with Crippen LogP contribution in [0, 0.1) is 0 Å². The Morgan fingerprint density at radius 2 is 1.89 bits per heavy atom. The predicted molar refractivity (Wildman–Crippen MR) is 107 cm³/mol. The molecule has 1 aliphatic heterocycles. The number of fused-ring (bicyclic) bond motifs is 1. The summed E-state index contributed by atoms with van der Waals surface area (Å²) >= 11 is 0. The van der Waals surface area contributed by atoms with Crippen LogP contribution < -0.4 is 10.2 Å². The summed E-state index contributed by atoms with van der Waals surface area (Å²) in [5, 5.41) is 3.98. The van der Waals surface area contributed by atoms with E-state index in [1.54, 1.807) is 0 Å².